The highest BCUT2D eigenvalue weighted by molar-refractivity contribution is 5.78. The van der Waals surface area contributed by atoms with Crippen LogP contribution in [-0.4, -0.2) is 84.0 Å². The van der Waals surface area contributed by atoms with Crippen LogP contribution < -0.4 is 0 Å². The summed E-state index contributed by atoms with van der Waals surface area (Å²) in [5.41, 5.74) is 0. The first kappa shape index (κ1) is 15.3. The van der Waals surface area contributed by atoms with E-state index in [2.05, 4.69) is 4.90 Å². The Morgan fingerprint density at radius 1 is 0.750 bits per heavy atom. The summed E-state index contributed by atoms with van der Waals surface area (Å²) >= 11 is 0. The highest BCUT2D eigenvalue weighted by Gasteiger charge is 2.22. The molecule has 0 aromatic heterocycles. The van der Waals surface area contributed by atoms with Crippen molar-refractivity contribution in [1.29, 1.82) is 0 Å². The zero-order valence-corrected chi connectivity index (χ0v) is 12.1. The zero-order chi connectivity index (χ0) is 14.4. The van der Waals surface area contributed by atoms with Crippen molar-refractivity contribution < 1.29 is 14.7 Å². The van der Waals surface area contributed by atoms with Crippen molar-refractivity contribution in [2.45, 2.75) is 25.7 Å². The summed E-state index contributed by atoms with van der Waals surface area (Å²) in [5.74, 6) is -0.542. The summed E-state index contributed by atoms with van der Waals surface area (Å²) in [7, 11) is 0. The van der Waals surface area contributed by atoms with Gasteiger partial charge in [-0.2, -0.15) is 0 Å². The predicted octanol–water partition coefficient (Wildman–Crippen LogP) is 0.0912. The van der Waals surface area contributed by atoms with Gasteiger partial charge in [0.2, 0.25) is 5.91 Å². The van der Waals surface area contributed by atoms with Gasteiger partial charge in [-0.05, 0) is 32.2 Å². The van der Waals surface area contributed by atoms with E-state index in [9.17, 15) is 9.59 Å². The minimum Gasteiger partial charge on any atom is -0.480 e. The Labute approximate surface area is 120 Å². The van der Waals surface area contributed by atoms with Gasteiger partial charge in [0.05, 0.1) is 13.1 Å². The maximum absolute atomic E-state index is 12.2. The maximum atomic E-state index is 12.2. The van der Waals surface area contributed by atoms with Crippen LogP contribution in [0.25, 0.3) is 0 Å². The van der Waals surface area contributed by atoms with E-state index in [0.29, 0.717) is 6.54 Å². The molecule has 0 saturated carbocycles. The fraction of sp³-hybridized carbons (Fsp3) is 0.857. The summed E-state index contributed by atoms with van der Waals surface area (Å²) in [4.78, 5) is 29.0. The molecule has 6 heteroatoms. The molecule has 0 aromatic rings. The van der Waals surface area contributed by atoms with E-state index in [0.717, 1.165) is 58.5 Å². The summed E-state index contributed by atoms with van der Waals surface area (Å²) in [6.07, 6.45) is 4.41. The Kier molecular flexibility index (Phi) is 5.79. The van der Waals surface area contributed by atoms with Crippen LogP contribution in [0.1, 0.15) is 25.7 Å². The smallest absolute Gasteiger partial charge is 0.317 e. The number of carbonyl (C=O) groups is 2. The van der Waals surface area contributed by atoms with E-state index in [-0.39, 0.29) is 12.5 Å². The van der Waals surface area contributed by atoms with Gasteiger partial charge >= 0.3 is 5.97 Å². The summed E-state index contributed by atoms with van der Waals surface area (Å²) in [6, 6.07) is 0. The Balaban J connectivity index is 1.75. The molecule has 1 amide bonds. The van der Waals surface area contributed by atoms with Crippen molar-refractivity contribution in [2.75, 3.05) is 52.4 Å². The molecule has 2 rings (SSSR count). The van der Waals surface area contributed by atoms with Crippen LogP contribution in [0.2, 0.25) is 0 Å². The van der Waals surface area contributed by atoms with Gasteiger partial charge in [0.25, 0.3) is 0 Å². The van der Waals surface area contributed by atoms with Gasteiger partial charge in [0.1, 0.15) is 0 Å². The van der Waals surface area contributed by atoms with Crippen molar-refractivity contribution in [3.63, 3.8) is 0 Å². The van der Waals surface area contributed by atoms with Crippen LogP contribution in [0, 0.1) is 0 Å². The van der Waals surface area contributed by atoms with Gasteiger partial charge < -0.3 is 10.0 Å². The lowest BCUT2D eigenvalue weighted by Crippen LogP contribution is -2.43. The van der Waals surface area contributed by atoms with Crippen LogP contribution in [0.5, 0.6) is 0 Å². The maximum Gasteiger partial charge on any atom is 0.317 e. The van der Waals surface area contributed by atoms with E-state index in [1.165, 1.54) is 6.42 Å². The normalized spacial score (nSPS) is 22.5. The van der Waals surface area contributed by atoms with E-state index in [1.807, 2.05) is 9.80 Å². The van der Waals surface area contributed by atoms with Crippen molar-refractivity contribution >= 4 is 11.9 Å². The lowest BCUT2D eigenvalue weighted by atomic mass is 10.1. The van der Waals surface area contributed by atoms with Gasteiger partial charge in [0, 0.05) is 32.7 Å². The summed E-state index contributed by atoms with van der Waals surface area (Å²) < 4.78 is 0. The fourth-order valence-corrected chi connectivity index (χ4v) is 2.97. The third kappa shape index (κ3) is 4.76. The fourth-order valence-electron chi connectivity index (χ4n) is 2.97. The van der Waals surface area contributed by atoms with E-state index < -0.39 is 5.97 Å². The molecule has 2 heterocycles. The first-order valence-electron chi connectivity index (χ1n) is 7.59. The zero-order valence-electron chi connectivity index (χ0n) is 12.1. The predicted molar refractivity (Wildman–Crippen MR) is 75.6 cm³/mol. The highest BCUT2D eigenvalue weighted by Crippen LogP contribution is 2.10. The van der Waals surface area contributed by atoms with Crippen molar-refractivity contribution in [3.8, 4) is 0 Å². The number of carbonyl (C=O) groups excluding carboxylic acids is 1. The lowest BCUT2D eigenvalue weighted by Gasteiger charge is -2.29. The van der Waals surface area contributed by atoms with Crippen LogP contribution >= 0.6 is 0 Å². The number of carboxylic acids is 1. The number of carboxylic acid groups (broad SMARTS) is 1. The van der Waals surface area contributed by atoms with Crippen molar-refractivity contribution in [2.24, 2.45) is 0 Å². The average molecular weight is 283 g/mol. The molecule has 0 aromatic carbocycles. The molecule has 0 bridgehead atoms. The molecule has 0 aliphatic carbocycles. The number of hydrogen-bond donors (Lipinski definition) is 1. The third-order valence-electron chi connectivity index (χ3n) is 4.11. The molecule has 114 valence electrons. The molecule has 2 aliphatic rings. The second kappa shape index (κ2) is 7.59. The number of amides is 1. The topological polar surface area (TPSA) is 64.1 Å². The van der Waals surface area contributed by atoms with E-state index in [1.54, 1.807) is 0 Å². The summed E-state index contributed by atoms with van der Waals surface area (Å²) in [5, 5.41) is 8.82. The van der Waals surface area contributed by atoms with E-state index >= 15 is 0 Å². The number of nitrogens with zero attached hydrogens (tertiary/aromatic N) is 3. The van der Waals surface area contributed by atoms with Crippen LogP contribution in [0.15, 0.2) is 0 Å². The molecular weight excluding hydrogens is 258 g/mol. The second-order valence-electron chi connectivity index (χ2n) is 5.74. The molecule has 0 radical (unpaired) electrons. The summed E-state index contributed by atoms with van der Waals surface area (Å²) in [6.45, 7) is 5.60. The number of rotatable bonds is 4. The Hall–Kier alpha value is -1.14. The van der Waals surface area contributed by atoms with Crippen LogP contribution in [0.4, 0.5) is 0 Å². The third-order valence-corrected chi connectivity index (χ3v) is 4.11. The Bertz CT molecular complexity index is 343. The Morgan fingerprint density at radius 2 is 1.35 bits per heavy atom. The Morgan fingerprint density at radius 3 is 1.95 bits per heavy atom. The molecule has 1 N–H and O–H groups in total. The van der Waals surface area contributed by atoms with Gasteiger partial charge in [-0.1, -0.05) is 0 Å². The van der Waals surface area contributed by atoms with Gasteiger partial charge in [-0.25, -0.2) is 0 Å². The van der Waals surface area contributed by atoms with Crippen molar-refractivity contribution in [3.05, 3.63) is 0 Å². The van der Waals surface area contributed by atoms with Crippen molar-refractivity contribution in [1.82, 2.24) is 14.7 Å². The van der Waals surface area contributed by atoms with Crippen LogP contribution in [-0.2, 0) is 9.59 Å². The first-order chi connectivity index (χ1) is 9.65. The second-order valence-corrected chi connectivity index (χ2v) is 5.74. The molecule has 0 unspecified atom stereocenters. The highest BCUT2D eigenvalue weighted by atomic mass is 16.4. The molecule has 6 nitrogen and oxygen atoms in total. The average Bonchev–Trinajstić information content (AvgIpc) is 2.65. The minimum absolute atomic E-state index is 0.105. The molecule has 2 saturated heterocycles. The first-order valence-corrected chi connectivity index (χ1v) is 7.59. The van der Waals surface area contributed by atoms with Crippen LogP contribution in [0.3, 0.4) is 0 Å². The molecule has 0 atom stereocenters. The molecule has 2 fully saturated rings. The van der Waals surface area contributed by atoms with Gasteiger partial charge in [0.15, 0.2) is 0 Å². The van der Waals surface area contributed by atoms with Gasteiger partial charge in [-0.3, -0.25) is 19.4 Å². The standard InChI is InChI=1S/C14H25N3O3/c18-13(17-7-2-1-3-8-17)11-15-5-4-6-16(10-9-15)12-14(19)20/h1-12H2,(H,19,20). The lowest BCUT2D eigenvalue weighted by molar-refractivity contribution is -0.138. The number of aliphatic carboxylic acids is 1. The molecule has 0 spiro atoms. The molecule has 20 heavy (non-hydrogen) atoms. The number of hydrogen-bond acceptors (Lipinski definition) is 4. The minimum atomic E-state index is -0.775. The molecule has 2 aliphatic heterocycles. The molecular formula is C14H25N3O3. The van der Waals surface area contributed by atoms with E-state index in [4.69, 9.17) is 5.11 Å². The number of likely N-dealkylation sites (tertiary alicyclic amines) is 1. The SMILES string of the molecule is O=C(O)CN1CCCN(CC(=O)N2CCCCC2)CC1. The largest absolute Gasteiger partial charge is 0.480 e. The number of piperidine rings is 1. The monoisotopic (exact) mass is 283 g/mol. The quantitative estimate of drug-likeness (QED) is 0.792. The van der Waals surface area contributed by atoms with Gasteiger partial charge in [-0.15, -0.1) is 0 Å².